The third-order valence-corrected chi connectivity index (χ3v) is 2.42. The van der Waals surface area contributed by atoms with E-state index in [1.54, 1.807) is 7.11 Å². The highest BCUT2D eigenvalue weighted by Gasteiger charge is 2.12. The first-order chi connectivity index (χ1) is 5.05. The van der Waals surface area contributed by atoms with Crippen molar-refractivity contribution in [1.29, 1.82) is 0 Å². The van der Waals surface area contributed by atoms with Crippen molar-refractivity contribution in [3.63, 3.8) is 0 Å². The molecule has 0 atom stereocenters. The van der Waals surface area contributed by atoms with Gasteiger partial charge in [0.15, 0.2) is 0 Å². The highest BCUT2D eigenvalue weighted by atomic mass is 79.9. The summed E-state index contributed by atoms with van der Waals surface area (Å²) in [5, 5.41) is 0.941. The average Bonchev–Trinajstić information content (AvgIpc) is 2.00. The first kappa shape index (κ1) is 11.2. The minimum atomic E-state index is -0.126. The molecule has 0 saturated heterocycles. The first-order valence-electron chi connectivity index (χ1n) is 3.87. The zero-order valence-corrected chi connectivity index (χ0v) is 9.36. The highest BCUT2D eigenvalue weighted by molar-refractivity contribution is 9.09. The molecule has 0 aliphatic rings. The second kappa shape index (κ2) is 4.94. The fourth-order valence-corrected chi connectivity index (χ4v) is 1.34. The summed E-state index contributed by atoms with van der Waals surface area (Å²) >= 11 is 3.43. The monoisotopic (exact) mass is 220 g/mol. The van der Waals surface area contributed by atoms with Gasteiger partial charge in [0.2, 0.25) is 0 Å². The normalized spacial score (nSPS) is 13.7. The lowest BCUT2D eigenvalue weighted by Gasteiger charge is -2.19. The molecule has 0 aromatic carbocycles. The smallest absolute Gasteiger partial charge is 0.0805 e. The predicted octanol–water partition coefficient (Wildman–Crippen LogP) is 3.14. The van der Waals surface area contributed by atoms with Crippen molar-refractivity contribution in [3.05, 3.63) is 11.6 Å². The predicted molar refractivity (Wildman–Crippen MR) is 53.3 cm³/mol. The molecular weight excluding hydrogens is 204 g/mol. The van der Waals surface area contributed by atoms with E-state index < -0.39 is 0 Å². The van der Waals surface area contributed by atoms with Crippen LogP contribution in [0.15, 0.2) is 11.6 Å². The van der Waals surface area contributed by atoms with E-state index in [4.69, 9.17) is 4.74 Å². The van der Waals surface area contributed by atoms with Crippen LogP contribution in [0.4, 0.5) is 0 Å². The number of ether oxygens (including phenoxy) is 1. The molecular formula is C9H17BrO. The third-order valence-electron chi connectivity index (χ3n) is 1.70. The van der Waals surface area contributed by atoms with Crippen LogP contribution >= 0.6 is 15.9 Å². The van der Waals surface area contributed by atoms with Gasteiger partial charge in [0, 0.05) is 12.4 Å². The molecule has 0 saturated carbocycles. The van der Waals surface area contributed by atoms with Crippen LogP contribution in [-0.4, -0.2) is 18.0 Å². The van der Waals surface area contributed by atoms with Crippen LogP contribution in [0.1, 0.15) is 27.2 Å². The molecule has 0 bridgehead atoms. The van der Waals surface area contributed by atoms with Crippen molar-refractivity contribution in [2.24, 2.45) is 0 Å². The molecule has 0 unspecified atom stereocenters. The van der Waals surface area contributed by atoms with Gasteiger partial charge in [-0.05, 0) is 20.3 Å². The molecule has 0 aliphatic carbocycles. The summed E-state index contributed by atoms with van der Waals surface area (Å²) in [7, 11) is 1.73. The molecule has 0 aromatic heterocycles. The molecule has 0 fully saturated rings. The van der Waals surface area contributed by atoms with Crippen LogP contribution in [-0.2, 0) is 4.74 Å². The molecule has 2 heteroatoms. The fourth-order valence-electron chi connectivity index (χ4n) is 0.786. The van der Waals surface area contributed by atoms with E-state index in [1.165, 1.54) is 5.57 Å². The Morgan fingerprint density at radius 2 is 2.09 bits per heavy atom. The third kappa shape index (κ3) is 4.59. The number of halogens is 1. The van der Waals surface area contributed by atoms with Crippen molar-refractivity contribution in [3.8, 4) is 0 Å². The lowest BCUT2D eigenvalue weighted by atomic mass is 10.0. The quantitative estimate of drug-likeness (QED) is 0.523. The standard InChI is InChI=1S/C9H17BrO/c1-5-8(7-10)6-9(2,3)11-4/h6H,5,7H2,1-4H3/b8-6-. The molecule has 0 spiro atoms. The molecule has 66 valence electrons. The van der Waals surface area contributed by atoms with Crippen LogP contribution < -0.4 is 0 Å². The van der Waals surface area contributed by atoms with E-state index in [0.29, 0.717) is 0 Å². The Balaban J connectivity index is 4.24. The van der Waals surface area contributed by atoms with Gasteiger partial charge >= 0.3 is 0 Å². The minimum absolute atomic E-state index is 0.126. The summed E-state index contributed by atoms with van der Waals surface area (Å²) in [6.07, 6.45) is 3.25. The Morgan fingerprint density at radius 3 is 2.36 bits per heavy atom. The average molecular weight is 221 g/mol. The maximum Gasteiger partial charge on any atom is 0.0805 e. The second-order valence-electron chi connectivity index (χ2n) is 3.10. The molecule has 1 nitrogen and oxygen atoms in total. The Labute approximate surface area is 78.0 Å². The molecule has 0 aromatic rings. The van der Waals surface area contributed by atoms with Crippen molar-refractivity contribution in [2.75, 3.05) is 12.4 Å². The molecule has 0 heterocycles. The van der Waals surface area contributed by atoms with E-state index in [9.17, 15) is 0 Å². The van der Waals surface area contributed by atoms with E-state index >= 15 is 0 Å². The van der Waals surface area contributed by atoms with Gasteiger partial charge in [0.1, 0.15) is 0 Å². The summed E-state index contributed by atoms with van der Waals surface area (Å²) in [4.78, 5) is 0. The van der Waals surface area contributed by atoms with Gasteiger partial charge in [-0.2, -0.15) is 0 Å². The van der Waals surface area contributed by atoms with Crippen LogP contribution in [0.3, 0.4) is 0 Å². The number of alkyl halides is 1. The zero-order chi connectivity index (χ0) is 8.91. The topological polar surface area (TPSA) is 9.23 Å². The van der Waals surface area contributed by atoms with Gasteiger partial charge in [-0.1, -0.05) is 34.5 Å². The summed E-state index contributed by atoms with van der Waals surface area (Å²) in [6, 6.07) is 0. The van der Waals surface area contributed by atoms with E-state index in [1.807, 2.05) is 0 Å². The summed E-state index contributed by atoms with van der Waals surface area (Å²) in [5.74, 6) is 0. The van der Waals surface area contributed by atoms with Gasteiger partial charge in [-0.25, -0.2) is 0 Å². The lowest BCUT2D eigenvalue weighted by molar-refractivity contribution is 0.0648. The Hall–Kier alpha value is 0.180. The van der Waals surface area contributed by atoms with E-state index in [-0.39, 0.29) is 5.60 Å². The molecule has 0 rings (SSSR count). The van der Waals surface area contributed by atoms with Crippen molar-refractivity contribution in [2.45, 2.75) is 32.8 Å². The van der Waals surface area contributed by atoms with E-state index in [2.05, 4.69) is 42.8 Å². The number of rotatable bonds is 4. The molecule has 0 amide bonds. The van der Waals surface area contributed by atoms with Gasteiger partial charge in [0.05, 0.1) is 5.60 Å². The minimum Gasteiger partial charge on any atom is -0.375 e. The van der Waals surface area contributed by atoms with Crippen molar-refractivity contribution >= 4 is 15.9 Å². The summed E-state index contributed by atoms with van der Waals surface area (Å²) < 4.78 is 5.27. The SMILES string of the molecule is CC/C(=C/C(C)(C)OC)CBr. The van der Waals surface area contributed by atoms with Gasteiger partial charge < -0.3 is 4.74 Å². The largest absolute Gasteiger partial charge is 0.375 e. The first-order valence-corrected chi connectivity index (χ1v) is 4.99. The Kier molecular flexibility index (Phi) is 5.02. The Morgan fingerprint density at radius 1 is 1.55 bits per heavy atom. The van der Waals surface area contributed by atoms with Crippen LogP contribution in [0, 0.1) is 0 Å². The number of allylic oxidation sites excluding steroid dienone is 1. The molecule has 0 radical (unpaired) electrons. The number of methoxy groups -OCH3 is 1. The molecule has 11 heavy (non-hydrogen) atoms. The number of hydrogen-bond acceptors (Lipinski definition) is 1. The van der Waals surface area contributed by atoms with Crippen LogP contribution in [0.5, 0.6) is 0 Å². The van der Waals surface area contributed by atoms with Crippen LogP contribution in [0.2, 0.25) is 0 Å². The van der Waals surface area contributed by atoms with Gasteiger partial charge in [-0.3, -0.25) is 0 Å². The summed E-state index contributed by atoms with van der Waals surface area (Å²) in [5.41, 5.74) is 1.26. The number of hydrogen-bond donors (Lipinski definition) is 0. The van der Waals surface area contributed by atoms with Gasteiger partial charge in [0.25, 0.3) is 0 Å². The zero-order valence-electron chi connectivity index (χ0n) is 7.78. The van der Waals surface area contributed by atoms with Crippen molar-refractivity contribution in [1.82, 2.24) is 0 Å². The van der Waals surface area contributed by atoms with Gasteiger partial charge in [-0.15, -0.1) is 0 Å². The van der Waals surface area contributed by atoms with Crippen LogP contribution in [0.25, 0.3) is 0 Å². The summed E-state index contributed by atoms with van der Waals surface area (Å²) in [6.45, 7) is 6.27. The molecule has 0 N–H and O–H groups in total. The Bertz CT molecular complexity index is 132. The lowest BCUT2D eigenvalue weighted by Crippen LogP contribution is -2.19. The highest BCUT2D eigenvalue weighted by Crippen LogP contribution is 2.15. The van der Waals surface area contributed by atoms with Crippen molar-refractivity contribution < 1.29 is 4.74 Å². The molecule has 0 aliphatic heterocycles. The second-order valence-corrected chi connectivity index (χ2v) is 3.66. The fraction of sp³-hybridized carbons (Fsp3) is 0.778. The maximum atomic E-state index is 5.27. The maximum absolute atomic E-state index is 5.27. The van der Waals surface area contributed by atoms with E-state index in [0.717, 1.165) is 11.8 Å².